The summed E-state index contributed by atoms with van der Waals surface area (Å²) < 4.78 is 0. The third-order valence-electron chi connectivity index (χ3n) is 2.74. The van der Waals surface area contributed by atoms with Crippen LogP contribution in [-0.2, 0) is 16.1 Å². The fraction of sp³-hybridized carbons (Fsp3) is 0.538. The van der Waals surface area contributed by atoms with Crippen LogP contribution in [0.1, 0.15) is 32.4 Å². The van der Waals surface area contributed by atoms with E-state index in [4.69, 9.17) is 5.11 Å². The Kier molecular flexibility index (Phi) is 5.83. The molecular formula is C13H19N3O4S. The lowest BCUT2D eigenvalue weighted by Crippen LogP contribution is -2.42. The van der Waals surface area contributed by atoms with Gasteiger partial charge in [-0.1, -0.05) is 13.8 Å². The lowest BCUT2D eigenvalue weighted by atomic mass is 9.85. The first kappa shape index (κ1) is 17.1. The highest BCUT2D eigenvalue weighted by Gasteiger charge is 2.26. The number of carbonyl (C=O) groups excluding carboxylic acids is 2. The minimum absolute atomic E-state index is 0.0322. The van der Waals surface area contributed by atoms with Crippen molar-refractivity contribution in [2.75, 3.05) is 7.05 Å². The number of amides is 3. The van der Waals surface area contributed by atoms with E-state index in [-0.39, 0.29) is 12.8 Å². The largest absolute Gasteiger partial charge is 0.481 e. The standard InChI is InChI=1S/C13H19N3O4S/c1-13(2,5-11(18)19)4-10(17)15-12(20)16(3)6-9-7-21-8-14-9/h7-8H,4-6H2,1-3H3,(H,18,19)(H,15,17,20). The van der Waals surface area contributed by atoms with Gasteiger partial charge < -0.3 is 10.0 Å². The monoisotopic (exact) mass is 313 g/mol. The predicted octanol–water partition coefficient (Wildman–Crippen LogP) is 1.70. The number of nitrogens with zero attached hydrogens (tertiary/aromatic N) is 2. The van der Waals surface area contributed by atoms with Crippen molar-refractivity contribution in [2.45, 2.75) is 33.2 Å². The van der Waals surface area contributed by atoms with Crippen LogP contribution in [0.5, 0.6) is 0 Å². The van der Waals surface area contributed by atoms with Crippen LogP contribution in [0.15, 0.2) is 10.9 Å². The normalized spacial score (nSPS) is 11.0. The summed E-state index contributed by atoms with van der Waals surface area (Å²) in [7, 11) is 1.56. The molecule has 8 heteroatoms. The number of thiazole rings is 1. The minimum Gasteiger partial charge on any atom is -0.481 e. The number of nitrogens with one attached hydrogen (secondary N) is 1. The molecule has 0 aliphatic heterocycles. The smallest absolute Gasteiger partial charge is 0.324 e. The molecule has 0 atom stereocenters. The zero-order valence-corrected chi connectivity index (χ0v) is 13.1. The van der Waals surface area contributed by atoms with Gasteiger partial charge >= 0.3 is 12.0 Å². The number of hydrogen-bond donors (Lipinski definition) is 2. The van der Waals surface area contributed by atoms with Crippen LogP contribution in [0.4, 0.5) is 4.79 Å². The van der Waals surface area contributed by atoms with Gasteiger partial charge in [0, 0.05) is 18.8 Å². The molecule has 0 aliphatic carbocycles. The van der Waals surface area contributed by atoms with E-state index in [1.54, 1.807) is 26.4 Å². The number of aromatic nitrogens is 1. The summed E-state index contributed by atoms with van der Waals surface area (Å²) in [6.45, 7) is 3.65. The van der Waals surface area contributed by atoms with E-state index in [9.17, 15) is 14.4 Å². The van der Waals surface area contributed by atoms with Crippen LogP contribution < -0.4 is 5.32 Å². The topological polar surface area (TPSA) is 99.6 Å². The highest BCUT2D eigenvalue weighted by atomic mass is 32.1. The summed E-state index contributed by atoms with van der Waals surface area (Å²) in [5.74, 6) is -1.46. The van der Waals surface area contributed by atoms with Gasteiger partial charge in [-0.15, -0.1) is 11.3 Å². The van der Waals surface area contributed by atoms with Gasteiger partial charge in [0.05, 0.1) is 24.2 Å². The van der Waals surface area contributed by atoms with Crippen molar-refractivity contribution < 1.29 is 19.5 Å². The summed E-state index contributed by atoms with van der Waals surface area (Å²) in [5, 5.41) is 12.8. The van der Waals surface area contributed by atoms with Crippen molar-refractivity contribution in [1.29, 1.82) is 0 Å². The zero-order chi connectivity index (χ0) is 16.0. The molecule has 7 nitrogen and oxygen atoms in total. The molecule has 1 aromatic rings. The second kappa shape index (κ2) is 7.16. The summed E-state index contributed by atoms with van der Waals surface area (Å²) in [4.78, 5) is 39.7. The summed E-state index contributed by atoms with van der Waals surface area (Å²) in [6.07, 6.45) is -0.168. The molecule has 21 heavy (non-hydrogen) atoms. The Bertz CT molecular complexity index is 513. The number of urea groups is 1. The van der Waals surface area contributed by atoms with E-state index >= 15 is 0 Å². The molecule has 1 heterocycles. The first-order valence-corrected chi connectivity index (χ1v) is 7.28. The van der Waals surface area contributed by atoms with Gasteiger partial charge in [0.2, 0.25) is 5.91 Å². The highest BCUT2D eigenvalue weighted by molar-refractivity contribution is 7.07. The molecule has 0 aromatic carbocycles. The van der Waals surface area contributed by atoms with Crippen LogP contribution in [0.25, 0.3) is 0 Å². The van der Waals surface area contributed by atoms with Crippen molar-refractivity contribution >= 4 is 29.2 Å². The maximum Gasteiger partial charge on any atom is 0.324 e. The van der Waals surface area contributed by atoms with E-state index in [1.165, 1.54) is 16.2 Å². The highest BCUT2D eigenvalue weighted by Crippen LogP contribution is 2.24. The second-order valence-electron chi connectivity index (χ2n) is 5.60. The van der Waals surface area contributed by atoms with Crippen LogP contribution in [-0.4, -0.2) is 39.9 Å². The second-order valence-corrected chi connectivity index (χ2v) is 6.32. The third kappa shape index (κ3) is 6.35. The molecule has 0 saturated heterocycles. The summed E-state index contributed by atoms with van der Waals surface area (Å²) >= 11 is 1.43. The lowest BCUT2D eigenvalue weighted by Gasteiger charge is -2.22. The molecule has 0 spiro atoms. The van der Waals surface area contributed by atoms with Crippen molar-refractivity contribution in [2.24, 2.45) is 5.41 Å². The van der Waals surface area contributed by atoms with E-state index < -0.39 is 23.3 Å². The Balaban J connectivity index is 2.46. The molecule has 1 rings (SSSR count). The van der Waals surface area contributed by atoms with E-state index in [0.717, 1.165) is 5.69 Å². The Labute approximate surface area is 127 Å². The van der Waals surface area contributed by atoms with Gasteiger partial charge in [0.15, 0.2) is 0 Å². The number of aliphatic carboxylic acids is 1. The molecule has 116 valence electrons. The van der Waals surface area contributed by atoms with Gasteiger partial charge in [-0.05, 0) is 5.41 Å². The molecule has 0 aliphatic rings. The molecule has 3 amide bonds. The van der Waals surface area contributed by atoms with Crippen molar-refractivity contribution in [1.82, 2.24) is 15.2 Å². The number of carboxylic acids is 1. The maximum absolute atomic E-state index is 11.8. The van der Waals surface area contributed by atoms with Crippen LogP contribution >= 0.6 is 11.3 Å². The molecule has 0 bridgehead atoms. The van der Waals surface area contributed by atoms with Gasteiger partial charge in [-0.25, -0.2) is 9.78 Å². The number of imide groups is 1. The van der Waals surface area contributed by atoms with Crippen molar-refractivity contribution in [3.05, 3.63) is 16.6 Å². The molecular weight excluding hydrogens is 294 g/mol. The van der Waals surface area contributed by atoms with Crippen LogP contribution in [0, 0.1) is 5.41 Å². The molecule has 0 saturated carbocycles. The molecule has 2 N–H and O–H groups in total. The average molecular weight is 313 g/mol. The SMILES string of the molecule is CN(Cc1cscn1)C(=O)NC(=O)CC(C)(C)CC(=O)O. The maximum atomic E-state index is 11.8. The molecule has 0 unspecified atom stereocenters. The number of carboxylic acid groups (broad SMARTS) is 1. The van der Waals surface area contributed by atoms with E-state index in [0.29, 0.717) is 6.54 Å². The first-order chi connectivity index (χ1) is 9.69. The summed E-state index contributed by atoms with van der Waals surface area (Å²) in [6, 6.07) is -0.529. The lowest BCUT2D eigenvalue weighted by molar-refractivity contribution is -0.139. The molecule has 1 aromatic heterocycles. The third-order valence-corrected chi connectivity index (χ3v) is 3.38. The Morgan fingerprint density at radius 1 is 1.38 bits per heavy atom. The van der Waals surface area contributed by atoms with Gasteiger partial charge in [0.25, 0.3) is 0 Å². The summed E-state index contributed by atoms with van der Waals surface area (Å²) in [5.41, 5.74) is 1.71. The van der Waals surface area contributed by atoms with Gasteiger partial charge in [-0.2, -0.15) is 0 Å². The fourth-order valence-corrected chi connectivity index (χ4v) is 2.35. The fourth-order valence-electron chi connectivity index (χ4n) is 1.80. The van der Waals surface area contributed by atoms with E-state index in [1.807, 2.05) is 5.38 Å². The van der Waals surface area contributed by atoms with Crippen LogP contribution in [0.3, 0.4) is 0 Å². The Hall–Kier alpha value is -1.96. The first-order valence-electron chi connectivity index (χ1n) is 6.33. The number of rotatable bonds is 6. The minimum atomic E-state index is -0.972. The van der Waals surface area contributed by atoms with E-state index in [2.05, 4.69) is 10.3 Å². The molecule has 0 radical (unpaired) electrons. The van der Waals surface area contributed by atoms with Crippen LogP contribution in [0.2, 0.25) is 0 Å². The Morgan fingerprint density at radius 2 is 2.05 bits per heavy atom. The molecule has 0 fully saturated rings. The van der Waals surface area contributed by atoms with Gasteiger partial charge in [0.1, 0.15) is 0 Å². The van der Waals surface area contributed by atoms with Gasteiger partial charge in [-0.3, -0.25) is 14.9 Å². The van der Waals surface area contributed by atoms with Crippen molar-refractivity contribution in [3.8, 4) is 0 Å². The zero-order valence-electron chi connectivity index (χ0n) is 12.3. The number of hydrogen-bond acceptors (Lipinski definition) is 5. The van der Waals surface area contributed by atoms with Crippen molar-refractivity contribution in [3.63, 3.8) is 0 Å². The number of carbonyl (C=O) groups is 3. The Morgan fingerprint density at radius 3 is 2.57 bits per heavy atom. The quantitative estimate of drug-likeness (QED) is 0.832. The predicted molar refractivity (Wildman–Crippen MR) is 77.8 cm³/mol. The average Bonchev–Trinajstić information content (AvgIpc) is 2.78.